The number of carbonyl (C=O) groups excluding carboxylic acids is 1. The highest BCUT2D eigenvalue weighted by molar-refractivity contribution is 5.94. The maximum absolute atomic E-state index is 12.4. The molecule has 1 heterocycles. The van der Waals surface area contributed by atoms with E-state index in [0.717, 1.165) is 16.7 Å². The standard InChI is InChI=1S/C19H21N3O3/c1-21(11-16(23)12-25-2)19(24)14-7-9-15(10-8-14)22-13-20-17-5-3-4-6-18(17)22/h3-10,13,16,23H,11-12H2,1-2H3. The molecule has 1 unspecified atom stereocenters. The van der Waals surface area contributed by atoms with Gasteiger partial charge in [0.2, 0.25) is 0 Å². The maximum Gasteiger partial charge on any atom is 0.253 e. The number of likely N-dealkylation sites (N-methyl/N-ethyl adjacent to an activating group) is 1. The first-order chi connectivity index (χ1) is 12.1. The van der Waals surface area contributed by atoms with Crippen molar-refractivity contribution >= 4 is 16.9 Å². The number of benzene rings is 2. The Morgan fingerprint density at radius 2 is 1.96 bits per heavy atom. The van der Waals surface area contributed by atoms with Gasteiger partial charge in [0.1, 0.15) is 6.33 Å². The highest BCUT2D eigenvalue weighted by Gasteiger charge is 2.15. The summed E-state index contributed by atoms with van der Waals surface area (Å²) in [7, 11) is 3.18. The third-order valence-corrected chi connectivity index (χ3v) is 4.04. The van der Waals surface area contributed by atoms with Gasteiger partial charge in [0, 0.05) is 32.0 Å². The van der Waals surface area contributed by atoms with Crippen molar-refractivity contribution in [2.75, 3.05) is 27.3 Å². The Labute approximate surface area is 146 Å². The van der Waals surface area contributed by atoms with Crippen LogP contribution in [0.4, 0.5) is 0 Å². The summed E-state index contributed by atoms with van der Waals surface area (Å²) in [4.78, 5) is 18.3. The molecule has 6 heteroatoms. The van der Waals surface area contributed by atoms with Crippen LogP contribution in [-0.2, 0) is 4.74 Å². The average molecular weight is 339 g/mol. The van der Waals surface area contributed by atoms with Crippen LogP contribution in [0, 0.1) is 0 Å². The number of aliphatic hydroxyl groups is 1. The Morgan fingerprint density at radius 3 is 2.68 bits per heavy atom. The molecule has 0 spiro atoms. The lowest BCUT2D eigenvalue weighted by Crippen LogP contribution is -2.36. The second-order valence-corrected chi connectivity index (χ2v) is 5.95. The Balaban J connectivity index is 1.77. The van der Waals surface area contributed by atoms with Gasteiger partial charge in [-0.05, 0) is 36.4 Å². The average Bonchev–Trinajstić information content (AvgIpc) is 3.05. The molecule has 130 valence electrons. The summed E-state index contributed by atoms with van der Waals surface area (Å²) in [5, 5.41) is 9.76. The van der Waals surface area contributed by atoms with Gasteiger partial charge in [-0.25, -0.2) is 4.98 Å². The maximum atomic E-state index is 12.4. The molecule has 0 saturated carbocycles. The van der Waals surface area contributed by atoms with E-state index in [1.807, 2.05) is 41.0 Å². The van der Waals surface area contributed by atoms with Crippen LogP contribution in [0.15, 0.2) is 54.9 Å². The van der Waals surface area contributed by atoms with Crippen molar-refractivity contribution in [2.24, 2.45) is 0 Å². The molecule has 1 aromatic heterocycles. The molecule has 3 rings (SSSR count). The van der Waals surface area contributed by atoms with Gasteiger partial charge in [0.15, 0.2) is 0 Å². The van der Waals surface area contributed by atoms with E-state index in [0.29, 0.717) is 5.56 Å². The Bertz CT molecular complexity index is 858. The van der Waals surface area contributed by atoms with E-state index < -0.39 is 6.10 Å². The van der Waals surface area contributed by atoms with Crippen molar-refractivity contribution in [3.05, 3.63) is 60.4 Å². The number of aromatic nitrogens is 2. The van der Waals surface area contributed by atoms with Crippen molar-refractivity contribution in [3.63, 3.8) is 0 Å². The number of amides is 1. The van der Waals surface area contributed by atoms with Gasteiger partial charge in [-0.15, -0.1) is 0 Å². The Kier molecular flexibility index (Phi) is 5.11. The summed E-state index contributed by atoms with van der Waals surface area (Å²) in [6.45, 7) is 0.421. The summed E-state index contributed by atoms with van der Waals surface area (Å²) < 4.78 is 6.87. The third-order valence-electron chi connectivity index (χ3n) is 4.04. The van der Waals surface area contributed by atoms with Crippen molar-refractivity contribution in [1.82, 2.24) is 14.5 Å². The molecule has 0 aliphatic carbocycles. The van der Waals surface area contributed by atoms with Crippen LogP contribution >= 0.6 is 0 Å². The number of fused-ring (bicyclic) bond motifs is 1. The SMILES string of the molecule is COCC(O)CN(C)C(=O)c1ccc(-n2cnc3ccccc32)cc1. The molecule has 3 aromatic rings. The summed E-state index contributed by atoms with van der Waals surface area (Å²) >= 11 is 0. The number of imidazole rings is 1. The van der Waals surface area contributed by atoms with Crippen LogP contribution in [0.3, 0.4) is 0 Å². The van der Waals surface area contributed by atoms with Gasteiger partial charge in [-0.1, -0.05) is 12.1 Å². The Morgan fingerprint density at radius 1 is 1.24 bits per heavy atom. The number of methoxy groups -OCH3 is 1. The van der Waals surface area contributed by atoms with Gasteiger partial charge in [-0.2, -0.15) is 0 Å². The minimum atomic E-state index is -0.699. The fourth-order valence-electron chi connectivity index (χ4n) is 2.79. The molecule has 6 nitrogen and oxygen atoms in total. The van der Waals surface area contributed by atoms with Gasteiger partial charge in [0.05, 0.1) is 23.7 Å². The zero-order valence-corrected chi connectivity index (χ0v) is 14.3. The number of nitrogens with zero attached hydrogens (tertiary/aromatic N) is 3. The van der Waals surface area contributed by atoms with Crippen molar-refractivity contribution < 1.29 is 14.6 Å². The lowest BCUT2D eigenvalue weighted by molar-refractivity contribution is 0.0380. The predicted molar refractivity (Wildman–Crippen MR) is 95.9 cm³/mol. The third kappa shape index (κ3) is 3.70. The summed E-state index contributed by atoms with van der Waals surface area (Å²) in [5.41, 5.74) is 3.45. The lowest BCUT2D eigenvalue weighted by Gasteiger charge is -2.20. The molecule has 0 radical (unpaired) electrons. The van der Waals surface area contributed by atoms with Crippen LogP contribution in [0.25, 0.3) is 16.7 Å². The number of carbonyl (C=O) groups is 1. The highest BCUT2D eigenvalue weighted by atomic mass is 16.5. The molecule has 0 aliphatic heterocycles. The van der Waals surface area contributed by atoms with Crippen LogP contribution in [-0.4, -0.2) is 58.9 Å². The van der Waals surface area contributed by atoms with Crippen LogP contribution in [0.5, 0.6) is 0 Å². The first kappa shape index (κ1) is 17.1. The second kappa shape index (κ2) is 7.46. The Hall–Kier alpha value is -2.70. The molecule has 0 fully saturated rings. The quantitative estimate of drug-likeness (QED) is 0.747. The smallest absolute Gasteiger partial charge is 0.253 e. The van der Waals surface area contributed by atoms with E-state index in [1.54, 1.807) is 25.5 Å². The number of rotatable bonds is 6. The van der Waals surface area contributed by atoms with Crippen LogP contribution < -0.4 is 0 Å². The van der Waals surface area contributed by atoms with E-state index >= 15 is 0 Å². The molecule has 1 N–H and O–H groups in total. The van der Waals surface area contributed by atoms with E-state index in [4.69, 9.17) is 4.74 Å². The summed E-state index contributed by atoms with van der Waals surface area (Å²) in [6.07, 6.45) is 1.07. The predicted octanol–water partition coefficient (Wildman–Crippen LogP) is 2.10. The number of hydrogen-bond acceptors (Lipinski definition) is 4. The lowest BCUT2D eigenvalue weighted by atomic mass is 10.1. The topological polar surface area (TPSA) is 67.6 Å². The van der Waals surface area contributed by atoms with Crippen molar-refractivity contribution in [1.29, 1.82) is 0 Å². The van der Waals surface area contributed by atoms with Gasteiger partial charge in [-0.3, -0.25) is 9.36 Å². The second-order valence-electron chi connectivity index (χ2n) is 5.95. The molecule has 0 bridgehead atoms. The molecule has 0 aliphatic rings. The van der Waals surface area contributed by atoms with Crippen LogP contribution in [0.1, 0.15) is 10.4 Å². The fourth-order valence-corrected chi connectivity index (χ4v) is 2.79. The number of ether oxygens (including phenoxy) is 1. The van der Waals surface area contributed by atoms with Gasteiger partial charge >= 0.3 is 0 Å². The first-order valence-corrected chi connectivity index (χ1v) is 8.05. The normalized spacial score (nSPS) is 12.3. The van der Waals surface area contributed by atoms with E-state index in [-0.39, 0.29) is 19.1 Å². The summed E-state index contributed by atoms with van der Waals surface area (Å²) in [5.74, 6) is -0.141. The van der Waals surface area contributed by atoms with Gasteiger partial charge < -0.3 is 14.7 Å². The zero-order chi connectivity index (χ0) is 17.8. The fraction of sp³-hybridized carbons (Fsp3) is 0.263. The highest BCUT2D eigenvalue weighted by Crippen LogP contribution is 2.18. The van der Waals surface area contributed by atoms with Gasteiger partial charge in [0.25, 0.3) is 5.91 Å². The first-order valence-electron chi connectivity index (χ1n) is 8.05. The number of aliphatic hydroxyl groups excluding tert-OH is 1. The number of para-hydroxylation sites is 2. The largest absolute Gasteiger partial charge is 0.389 e. The van der Waals surface area contributed by atoms with E-state index in [9.17, 15) is 9.90 Å². The monoisotopic (exact) mass is 339 g/mol. The number of hydrogen-bond donors (Lipinski definition) is 1. The molecular formula is C19H21N3O3. The summed E-state index contributed by atoms with van der Waals surface area (Å²) in [6, 6.07) is 15.2. The van der Waals surface area contributed by atoms with E-state index in [2.05, 4.69) is 4.98 Å². The molecule has 2 aromatic carbocycles. The van der Waals surface area contributed by atoms with E-state index in [1.165, 1.54) is 12.0 Å². The molecule has 1 amide bonds. The minimum Gasteiger partial charge on any atom is -0.389 e. The molecule has 1 atom stereocenters. The van der Waals surface area contributed by atoms with Crippen molar-refractivity contribution in [3.8, 4) is 5.69 Å². The molecule has 25 heavy (non-hydrogen) atoms. The zero-order valence-electron chi connectivity index (χ0n) is 14.3. The molecular weight excluding hydrogens is 318 g/mol. The van der Waals surface area contributed by atoms with Crippen molar-refractivity contribution in [2.45, 2.75) is 6.10 Å². The molecule has 0 saturated heterocycles. The van der Waals surface area contributed by atoms with Crippen LogP contribution in [0.2, 0.25) is 0 Å². The minimum absolute atomic E-state index is 0.141.